The van der Waals surface area contributed by atoms with Crippen LogP contribution >= 0.6 is 11.6 Å². The van der Waals surface area contributed by atoms with Crippen LogP contribution in [0.3, 0.4) is 0 Å². The molecule has 3 N–H and O–H groups in total. The number of hydrogen-bond donors (Lipinski definition) is 2. The number of anilines is 1. The SMILES string of the molecule is Cc1cc(Cl)cnc1C(=O)Nc1ccc(F)c([C@@]2(C)N=C(N)[C@]3(C)CC[C@H]2S3(=O)=O)c1. The number of pyridine rings is 1. The lowest BCUT2D eigenvalue weighted by Crippen LogP contribution is -2.55. The summed E-state index contributed by atoms with van der Waals surface area (Å²) in [6, 6.07) is 5.60. The average Bonchev–Trinajstić information content (AvgIpc) is 2.86. The molecule has 2 aliphatic heterocycles. The summed E-state index contributed by atoms with van der Waals surface area (Å²) >= 11 is 5.89. The molecule has 31 heavy (non-hydrogen) atoms. The second-order valence-corrected chi connectivity index (χ2v) is 11.4. The monoisotopic (exact) mass is 464 g/mol. The fourth-order valence-corrected chi connectivity index (χ4v) is 7.30. The van der Waals surface area contributed by atoms with Gasteiger partial charge < -0.3 is 11.1 Å². The van der Waals surface area contributed by atoms with E-state index < -0.39 is 37.1 Å². The number of carbonyl (C=O) groups excluding carboxylic acids is 1. The third-order valence-corrected chi connectivity index (χ3v) is 9.76. The van der Waals surface area contributed by atoms with Crippen molar-refractivity contribution in [3.63, 3.8) is 0 Å². The van der Waals surface area contributed by atoms with Gasteiger partial charge in [-0.25, -0.2) is 17.8 Å². The Bertz CT molecular complexity index is 1250. The van der Waals surface area contributed by atoms with E-state index >= 15 is 0 Å². The van der Waals surface area contributed by atoms with E-state index in [4.69, 9.17) is 17.3 Å². The van der Waals surface area contributed by atoms with E-state index in [-0.39, 0.29) is 22.8 Å². The minimum Gasteiger partial charge on any atom is -0.386 e. The summed E-state index contributed by atoms with van der Waals surface area (Å²) in [7, 11) is -3.67. The Kier molecular flexibility index (Phi) is 4.90. The number of halogens is 2. The number of aromatic nitrogens is 1. The Labute approximate surface area is 184 Å². The van der Waals surface area contributed by atoms with Gasteiger partial charge in [-0.1, -0.05) is 11.6 Å². The number of nitrogens with two attached hydrogens (primary N) is 1. The Morgan fingerprint density at radius 1 is 1.32 bits per heavy atom. The number of rotatable bonds is 3. The average molecular weight is 465 g/mol. The van der Waals surface area contributed by atoms with Crippen molar-refractivity contribution in [2.45, 2.75) is 49.1 Å². The third kappa shape index (κ3) is 3.13. The number of amidine groups is 1. The van der Waals surface area contributed by atoms with Crippen LogP contribution < -0.4 is 11.1 Å². The summed E-state index contributed by atoms with van der Waals surface area (Å²) in [4.78, 5) is 21.2. The number of aliphatic imine (C=N–C) groups is 1. The third-order valence-electron chi connectivity index (χ3n) is 6.44. The molecule has 1 fully saturated rings. The maximum absolute atomic E-state index is 14.9. The van der Waals surface area contributed by atoms with Crippen molar-refractivity contribution in [1.29, 1.82) is 0 Å². The summed E-state index contributed by atoms with van der Waals surface area (Å²) in [6.07, 6.45) is 2.02. The van der Waals surface area contributed by atoms with Gasteiger partial charge in [0.15, 0.2) is 9.84 Å². The highest BCUT2D eigenvalue weighted by Crippen LogP contribution is 2.51. The molecule has 0 radical (unpaired) electrons. The zero-order valence-corrected chi connectivity index (χ0v) is 18.8. The molecule has 2 bridgehead atoms. The second kappa shape index (κ2) is 7.00. The van der Waals surface area contributed by atoms with Gasteiger partial charge in [0.05, 0.1) is 10.3 Å². The zero-order valence-electron chi connectivity index (χ0n) is 17.2. The first-order chi connectivity index (χ1) is 14.4. The van der Waals surface area contributed by atoms with Crippen LogP contribution in [0.1, 0.15) is 48.3 Å². The predicted octanol–water partition coefficient (Wildman–Crippen LogP) is 3.36. The summed E-state index contributed by atoms with van der Waals surface area (Å²) in [5.74, 6) is -1.13. The number of nitrogens with one attached hydrogen (secondary N) is 1. The molecular weight excluding hydrogens is 443 g/mol. The molecule has 2 aliphatic rings. The number of amides is 1. The summed E-state index contributed by atoms with van der Waals surface area (Å²) < 4.78 is 40.0. The number of nitrogens with zero attached hydrogens (tertiary/aromatic N) is 2. The van der Waals surface area contributed by atoms with Gasteiger partial charge in [0.25, 0.3) is 5.91 Å². The molecule has 3 heterocycles. The van der Waals surface area contributed by atoms with E-state index in [1.165, 1.54) is 24.4 Å². The van der Waals surface area contributed by atoms with Gasteiger partial charge in [0.1, 0.15) is 27.6 Å². The minimum absolute atomic E-state index is 0.0152. The Hall–Kier alpha value is -2.52. The lowest BCUT2D eigenvalue weighted by Gasteiger charge is -2.39. The van der Waals surface area contributed by atoms with Crippen molar-refractivity contribution < 1.29 is 17.6 Å². The first-order valence-electron chi connectivity index (χ1n) is 9.73. The Morgan fingerprint density at radius 3 is 2.71 bits per heavy atom. The largest absolute Gasteiger partial charge is 0.386 e. The molecule has 0 unspecified atom stereocenters. The van der Waals surface area contributed by atoms with Crippen LogP contribution in [0.2, 0.25) is 5.02 Å². The first-order valence-corrected chi connectivity index (χ1v) is 11.7. The molecule has 3 atom stereocenters. The molecule has 0 spiro atoms. The van der Waals surface area contributed by atoms with Crippen LogP contribution in [0.15, 0.2) is 35.5 Å². The molecule has 0 saturated carbocycles. The molecule has 4 rings (SSSR count). The number of hydrogen-bond acceptors (Lipinski definition) is 6. The lowest BCUT2D eigenvalue weighted by atomic mass is 9.86. The van der Waals surface area contributed by atoms with Crippen molar-refractivity contribution in [2.75, 3.05) is 5.32 Å². The van der Waals surface area contributed by atoms with Crippen molar-refractivity contribution in [1.82, 2.24) is 4.98 Å². The van der Waals surface area contributed by atoms with Crippen molar-refractivity contribution in [2.24, 2.45) is 10.7 Å². The molecular formula is C21H22ClFN4O3S. The predicted molar refractivity (Wildman–Crippen MR) is 118 cm³/mol. The van der Waals surface area contributed by atoms with Gasteiger partial charge in [-0.2, -0.15) is 0 Å². The van der Waals surface area contributed by atoms with E-state index in [9.17, 15) is 17.6 Å². The molecule has 1 amide bonds. The topological polar surface area (TPSA) is 115 Å². The van der Waals surface area contributed by atoms with Crippen molar-refractivity contribution >= 4 is 38.9 Å². The molecule has 0 aliphatic carbocycles. The molecule has 2 aromatic rings. The Balaban J connectivity index is 1.75. The number of benzene rings is 1. The highest BCUT2D eigenvalue weighted by molar-refractivity contribution is 7.94. The van der Waals surface area contributed by atoms with Gasteiger partial charge in [0.2, 0.25) is 0 Å². The van der Waals surface area contributed by atoms with Crippen molar-refractivity contribution in [3.05, 3.63) is 58.1 Å². The molecule has 10 heteroatoms. The van der Waals surface area contributed by atoms with Gasteiger partial charge in [-0.05, 0) is 63.4 Å². The van der Waals surface area contributed by atoms with Gasteiger partial charge in [0, 0.05) is 17.4 Å². The lowest BCUT2D eigenvalue weighted by molar-refractivity contribution is 0.102. The van der Waals surface area contributed by atoms with Gasteiger partial charge >= 0.3 is 0 Å². The number of sulfone groups is 1. The van der Waals surface area contributed by atoms with Gasteiger partial charge in [-0.3, -0.25) is 9.79 Å². The minimum atomic E-state index is -3.67. The molecule has 1 saturated heterocycles. The second-order valence-electron chi connectivity index (χ2n) is 8.42. The van der Waals surface area contributed by atoms with E-state index in [0.717, 1.165) is 0 Å². The maximum Gasteiger partial charge on any atom is 0.274 e. The van der Waals surface area contributed by atoms with Crippen molar-refractivity contribution in [3.8, 4) is 0 Å². The van der Waals surface area contributed by atoms with E-state index in [1.807, 2.05) is 0 Å². The van der Waals surface area contributed by atoms with E-state index in [1.54, 1.807) is 26.8 Å². The zero-order chi connectivity index (χ0) is 22.8. The summed E-state index contributed by atoms with van der Waals surface area (Å²) in [6.45, 7) is 4.84. The fourth-order valence-electron chi connectivity index (χ4n) is 4.51. The molecule has 164 valence electrons. The normalized spacial score (nSPS) is 28.8. The maximum atomic E-state index is 14.9. The summed E-state index contributed by atoms with van der Waals surface area (Å²) in [5.41, 5.74) is 5.78. The number of carbonyl (C=O) groups is 1. The van der Waals surface area contributed by atoms with Crippen LogP contribution in [-0.4, -0.2) is 35.1 Å². The molecule has 1 aromatic carbocycles. The Morgan fingerprint density at radius 2 is 2.03 bits per heavy atom. The smallest absolute Gasteiger partial charge is 0.274 e. The fraction of sp³-hybridized carbons (Fsp3) is 0.381. The highest BCUT2D eigenvalue weighted by atomic mass is 35.5. The van der Waals surface area contributed by atoms with Crippen LogP contribution in [0.4, 0.5) is 10.1 Å². The van der Waals surface area contributed by atoms with E-state index in [0.29, 0.717) is 23.4 Å². The number of aryl methyl sites for hydroxylation is 1. The quantitative estimate of drug-likeness (QED) is 0.722. The van der Waals surface area contributed by atoms with Crippen LogP contribution in [0, 0.1) is 12.7 Å². The van der Waals surface area contributed by atoms with Crippen LogP contribution in [-0.2, 0) is 15.4 Å². The van der Waals surface area contributed by atoms with Gasteiger partial charge in [-0.15, -0.1) is 0 Å². The van der Waals surface area contributed by atoms with Crippen LogP contribution in [0.5, 0.6) is 0 Å². The van der Waals surface area contributed by atoms with Crippen LogP contribution in [0.25, 0.3) is 0 Å². The first kappa shape index (κ1) is 21.7. The molecule has 1 aromatic heterocycles. The standard InChI is InChI=1S/C21H22ClFN4O3S/c1-11-8-12(22)10-25-17(11)18(28)26-13-4-5-15(23)14(9-13)21(3)16-6-7-20(2,19(24)27-21)31(16,29)30/h4-5,8-10,16H,6-7H2,1-3H3,(H2,24,27)(H,26,28)/t16-,20+,21-/m1/s1. The number of fused-ring (bicyclic) bond motifs is 2. The summed E-state index contributed by atoms with van der Waals surface area (Å²) in [5, 5.41) is 2.19. The highest BCUT2D eigenvalue weighted by Gasteiger charge is 2.63. The van der Waals surface area contributed by atoms with E-state index in [2.05, 4.69) is 15.3 Å². The molecule has 7 nitrogen and oxygen atoms in total.